The van der Waals surface area contributed by atoms with Crippen molar-refractivity contribution < 1.29 is 8.83 Å². The number of hydrogen-bond acceptors (Lipinski definition) is 4. The van der Waals surface area contributed by atoms with E-state index < -0.39 is 0 Å². The second-order valence-electron chi connectivity index (χ2n) is 26.7. The molecule has 0 unspecified atom stereocenters. The van der Waals surface area contributed by atoms with Gasteiger partial charge in [0.2, 0.25) is 0 Å². The molecule has 0 bridgehead atoms. The van der Waals surface area contributed by atoms with Crippen molar-refractivity contribution in [3.05, 3.63) is 388 Å². The standard InChI is InChI=1S/C52H34N2O.C46H30N2O/c1-2-13-41(14-3-1)54-48-18-8-6-15-44(48)47-34-40(27-32-49(47)54)37-25-30-43(31-26-37)53(50-19-10-17-46-45-16-7-9-20-51(45)55-52(46)50)42-28-23-36(24-29-42)39-22-21-35-11-4-5-12-38(35)33-39;1-2-13-35(14-3-1)48-42-18-8-6-15-38(42)41-30-37(27-28-43(41)48)47(44-19-10-17-40-39-16-7-9-20-45(39)49-46(40)44)36-25-23-32(24-26-36)34-22-21-31-11-4-5-12-33(31)29-34/h1-34H;1-30H. The molecule has 0 saturated heterocycles. The Hall–Kier alpha value is -13.9. The predicted octanol–water partition coefficient (Wildman–Crippen LogP) is 27.6. The summed E-state index contributed by atoms with van der Waals surface area (Å²) in [5.41, 5.74) is 23.9. The molecule has 6 heteroatoms. The summed E-state index contributed by atoms with van der Waals surface area (Å²) in [7, 11) is 0. The van der Waals surface area contributed by atoms with Crippen molar-refractivity contribution in [2.75, 3.05) is 9.80 Å². The Labute approximate surface area is 600 Å². The van der Waals surface area contributed by atoms with Crippen LogP contribution in [-0.4, -0.2) is 9.13 Å². The van der Waals surface area contributed by atoms with Crippen molar-refractivity contribution in [2.45, 2.75) is 0 Å². The van der Waals surface area contributed by atoms with E-state index in [2.05, 4.69) is 383 Å². The van der Waals surface area contributed by atoms with Crippen LogP contribution in [0.15, 0.2) is 397 Å². The maximum Gasteiger partial charge on any atom is 0.159 e. The molecule has 0 amide bonds. The molecule has 17 aromatic carbocycles. The van der Waals surface area contributed by atoms with Crippen molar-refractivity contribution in [1.82, 2.24) is 9.13 Å². The largest absolute Gasteiger partial charge is 0.454 e. The first-order valence-corrected chi connectivity index (χ1v) is 35.4. The Morgan fingerprint density at radius 2 is 0.519 bits per heavy atom. The van der Waals surface area contributed by atoms with Crippen molar-refractivity contribution >= 4 is 143 Å². The summed E-state index contributed by atoms with van der Waals surface area (Å²) in [6, 6.07) is 139. The van der Waals surface area contributed by atoms with Crippen LogP contribution < -0.4 is 9.80 Å². The zero-order chi connectivity index (χ0) is 68.6. The van der Waals surface area contributed by atoms with Gasteiger partial charge in [0.25, 0.3) is 0 Å². The van der Waals surface area contributed by atoms with Crippen LogP contribution >= 0.6 is 0 Å². The van der Waals surface area contributed by atoms with Crippen LogP contribution in [0.1, 0.15) is 0 Å². The lowest BCUT2D eigenvalue weighted by molar-refractivity contribution is 0.668. The van der Waals surface area contributed by atoms with E-state index in [0.717, 1.165) is 94.9 Å². The van der Waals surface area contributed by atoms with Crippen LogP contribution in [0.25, 0.3) is 154 Å². The van der Waals surface area contributed by atoms with Gasteiger partial charge in [-0.15, -0.1) is 0 Å². The van der Waals surface area contributed by atoms with E-state index in [1.807, 2.05) is 24.3 Å². The van der Waals surface area contributed by atoms with Gasteiger partial charge < -0.3 is 27.8 Å². The minimum atomic E-state index is 0.867. The Kier molecular flexibility index (Phi) is 14.5. The number of rotatable bonds is 11. The quantitative estimate of drug-likeness (QED) is 0.129. The van der Waals surface area contributed by atoms with Crippen LogP contribution in [0.3, 0.4) is 0 Å². The van der Waals surface area contributed by atoms with Crippen LogP contribution in [0.2, 0.25) is 0 Å². The molecule has 0 spiro atoms. The molecular formula is C98H64N4O2. The predicted molar refractivity (Wildman–Crippen MR) is 437 cm³/mol. The Balaban J connectivity index is 0.000000139. The number of para-hydroxylation sites is 8. The average Bonchev–Trinajstić information content (AvgIpc) is 1.57. The van der Waals surface area contributed by atoms with Gasteiger partial charge in [-0.3, -0.25) is 0 Å². The second kappa shape index (κ2) is 25.0. The van der Waals surface area contributed by atoms with E-state index in [-0.39, 0.29) is 0 Å². The highest BCUT2D eigenvalue weighted by Gasteiger charge is 2.24. The summed E-state index contributed by atoms with van der Waals surface area (Å²) in [6.07, 6.45) is 0. The fraction of sp³-hybridized carbons (Fsp3) is 0. The van der Waals surface area contributed by atoms with E-state index in [9.17, 15) is 0 Å². The number of benzene rings is 17. The van der Waals surface area contributed by atoms with E-state index in [0.29, 0.717) is 0 Å². The van der Waals surface area contributed by atoms with Crippen LogP contribution in [0.5, 0.6) is 0 Å². The smallest absolute Gasteiger partial charge is 0.159 e. The van der Waals surface area contributed by atoms with Gasteiger partial charge in [0.05, 0.1) is 33.4 Å². The van der Waals surface area contributed by atoms with Gasteiger partial charge in [-0.2, -0.15) is 0 Å². The zero-order valence-electron chi connectivity index (χ0n) is 56.6. The fourth-order valence-electron chi connectivity index (χ4n) is 15.8. The van der Waals surface area contributed by atoms with Crippen LogP contribution in [0.4, 0.5) is 34.1 Å². The number of furan rings is 2. The zero-order valence-corrected chi connectivity index (χ0v) is 56.6. The summed E-state index contributed by atoms with van der Waals surface area (Å²) in [6.45, 7) is 0. The molecule has 104 heavy (non-hydrogen) atoms. The monoisotopic (exact) mass is 1330 g/mol. The lowest BCUT2D eigenvalue weighted by atomic mass is 10.0. The first-order chi connectivity index (χ1) is 51.6. The molecular weight excluding hydrogens is 1270 g/mol. The molecule has 0 atom stereocenters. The molecule has 488 valence electrons. The SMILES string of the molecule is c1ccc(-n2c3ccccc3c3cc(-c4ccc(N(c5ccc(-c6ccc7ccccc7c6)cc5)c5cccc6c5oc5ccccc56)cc4)ccc32)cc1.c1ccc(-n2c3ccccc3c3cc(N(c4ccc(-c5ccc6ccccc6c5)cc4)c4cccc5c4oc4ccccc45)ccc32)cc1. The molecule has 0 N–H and O–H groups in total. The second-order valence-corrected chi connectivity index (χ2v) is 26.7. The number of aromatic nitrogens is 2. The minimum absolute atomic E-state index is 0.867. The highest BCUT2D eigenvalue weighted by Crippen LogP contribution is 2.47. The van der Waals surface area contributed by atoms with E-state index >= 15 is 0 Å². The number of hydrogen-bond donors (Lipinski definition) is 0. The Bertz CT molecular complexity index is 6840. The molecule has 6 nitrogen and oxygen atoms in total. The average molecular weight is 1330 g/mol. The lowest BCUT2D eigenvalue weighted by Gasteiger charge is -2.26. The van der Waals surface area contributed by atoms with Crippen molar-refractivity contribution in [3.63, 3.8) is 0 Å². The summed E-state index contributed by atoms with van der Waals surface area (Å²) >= 11 is 0. The van der Waals surface area contributed by atoms with Gasteiger partial charge in [-0.25, -0.2) is 0 Å². The van der Waals surface area contributed by atoms with Gasteiger partial charge in [0.1, 0.15) is 11.2 Å². The molecule has 4 aromatic heterocycles. The summed E-state index contributed by atoms with van der Waals surface area (Å²) in [5.74, 6) is 0. The van der Waals surface area contributed by atoms with Gasteiger partial charge in [-0.05, 0) is 194 Å². The van der Waals surface area contributed by atoms with Gasteiger partial charge >= 0.3 is 0 Å². The van der Waals surface area contributed by atoms with Crippen molar-refractivity contribution in [2.24, 2.45) is 0 Å². The third-order valence-corrected chi connectivity index (χ3v) is 20.7. The van der Waals surface area contributed by atoms with E-state index in [4.69, 9.17) is 8.83 Å². The molecule has 0 saturated carbocycles. The maximum absolute atomic E-state index is 6.62. The topological polar surface area (TPSA) is 42.6 Å². The summed E-state index contributed by atoms with van der Waals surface area (Å²) < 4.78 is 17.9. The molecule has 0 radical (unpaired) electrons. The molecule has 0 aliphatic heterocycles. The molecule has 0 fully saturated rings. The fourth-order valence-corrected chi connectivity index (χ4v) is 15.8. The highest BCUT2D eigenvalue weighted by atomic mass is 16.3. The number of fused-ring (bicyclic) bond motifs is 14. The molecule has 0 aliphatic carbocycles. The van der Waals surface area contributed by atoms with Crippen molar-refractivity contribution in [1.29, 1.82) is 0 Å². The van der Waals surface area contributed by atoms with E-state index in [1.165, 1.54) is 93.0 Å². The number of anilines is 6. The number of nitrogens with zero attached hydrogens (tertiary/aromatic N) is 4. The maximum atomic E-state index is 6.62. The normalized spacial score (nSPS) is 11.7. The van der Waals surface area contributed by atoms with Gasteiger partial charge in [0, 0.05) is 77.2 Å². The lowest BCUT2D eigenvalue weighted by Crippen LogP contribution is -2.10. The summed E-state index contributed by atoms with van der Waals surface area (Å²) in [5, 5.41) is 14.3. The first-order valence-electron chi connectivity index (χ1n) is 35.4. The Morgan fingerprint density at radius 3 is 0.990 bits per heavy atom. The molecule has 21 aromatic rings. The van der Waals surface area contributed by atoms with Crippen molar-refractivity contribution in [3.8, 4) is 44.8 Å². The first kappa shape index (κ1) is 60.1. The van der Waals surface area contributed by atoms with Gasteiger partial charge in [-0.1, -0.05) is 249 Å². The van der Waals surface area contributed by atoms with Gasteiger partial charge in [0.15, 0.2) is 11.2 Å². The minimum Gasteiger partial charge on any atom is -0.454 e. The summed E-state index contributed by atoms with van der Waals surface area (Å²) in [4.78, 5) is 4.65. The Morgan fingerprint density at radius 1 is 0.192 bits per heavy atom. The third kappa shape index (κ3) is 10.3. The molecule has 0 aliphatic rings. The van der Waals surface area contributed by atoms with Crippen LogP contribution in [-0.2, 0) is 0 Å². The molecule has 21 rings (SSSR count). The van der Waals surface area contributed by atoms with Crippen LogP contribution in [0, 0.1) is 0 Å². The molecule has 4 heterocycles. The highest BCUT2D eigenvalue weighted by molar-refractivity contribution is 6.15. The van der Waals surface area contributed by atoms with E-state index in [1.54, 1.807) is 0 Å². The third-order valence-electron chi connectivity index (χ3n) is 20.7.